The van der Waals surface area contributed by atoms with Gasteiger partial charge >= 0.3 is 0 Å². The van der Waals surface area contributed by atoms with Crippen LogP contribution in [0.2, 0.25) is 0 Å². The van der Waals surface area contributed by atoms with E-state index >= 15 is 0 Å². The van der Waals surface area contributed by atoms with Gasteiger partial charge in [0.15, 0.2) is 0 Å². The number of piperazine rings is 1. The second-order valence-corrected chi connectivity index (χ2v) is 11.9. The van der Waals surface area contributed by atoms with E-state index in [1.54, 1.807) is 0 Å². The Morgan fingerprint density at radius 1 is 0.718 bits per heavy atom. The molecule has 214 valence electrons. The zero-order valence-electron chi connectivity index (χ0n) is 24.4. The number of rotatable bonds is 12. The minimum Gasteiger partial charge on any atom is -0.490 e. The van der Waals surface area contributed by atoms with Crippen molar-refractivity contribution in [3.05, 3.63) is 48.0 Å². The van der Waals surface area contributed by atoms with E-state index in [1.165, 1.54) is 94.4 Å². The minimum atomic E-state index is 0.745. The lowest BCUT2D eigenvalue weighted by Gasteiger charge is -2.32. The maximum Gasteiger partial charge on any atom is 0.143 e. The Labute approximate surface area is 237 Å². The van der Waals surface area contributed by atoms with Gasteiger partial charge in [-0.1, -0.05) is 43.2 Å². The van der Waals surface area contributed by atoms with Gasteiger partial charge in [0, 0.05) is 45.8 Å². The van der Waals surface area contributed by atoms with E-state index in [0.717, 1.165) is 63.9 Å². The Morgan fingerprint density at radius 2 is 1.41 bits per heavy atom. The first kappa shape index (κ1) is 28.4. The van der Waals surface area contributed by atoms with Crippen LogP contribution in [0.15, 0.2) is 42.5 Å². The van der Waals surface area contributed by atoms with E-state index in [0.29, 0.717) is 0 Å². The summed E-state index contributed by atoms with van der Waals surface area (Å²) in [4.78, 5) is 10.2. The molecule has 0 atom stereocenters. The highest BCUT2D eigenvalue weighted by Gasteiger charge is 2.17. The first-order valence-corrected chi connectivity index (χ1v) is 15.7. The summed E-state index contributed by atoms with van der Waals surface area (Å²) in [5.74, 6) is 0.997. The van der Waals surface area contributed by atoms with Gasteiger partial charge in [-0.2, -0.15) is 0 Å². The Balaban J connectivity index is 1.26. The molecule has 3 aliphatic rings. The SMILES string of the molecule is CN1CCN(Cc2ccccc2-c2ccc(NCCCN3CCCCC3)c(OCCN3CCCCC3)c2)CC1. The highest BCUT2D eigenvalue weighted by atomic mass is 16.5. The Morgan fingerprint density at radius 3 is 2.15 bits per heavy atom. The van der Waals surface area contributed by atoms with Crippen LogP contribution in [0.1, 0.15) is 50.5 Å². The third-order valence-corrected chi connectivity index (χ3v) is 8.83. The predicted molar refractivity (Wildman–Crippen MR) is 164 cm³/mol. The summed E-state index contributed by atoms with van der Waals surface area (Å²) < 4.78 is 6.52. The van der Waals surface area contributed by atoms with Crippen molar-refractivity contribution >= 4 is 5.69 Å². The molecule has 0 spiro atoms. The number of nitrogens with zero attached hydrogens (tertiary/aromatic N) is 4. The number of benzene rings is 2. The molecule has 0 aliphatic carbocycles. The predicted octanol–water partition coefficient (Wildman–Crippen LogP) is 5.25. The molecule has 5 rings (SSSR count). The summed E-state index contributed by atoms with van der Waals surface area (Å²) in [6.45, 7) is 14.5. The first-order valence-electron chi connectivity index (χ1n) is 15.7. The van der Waals surface area contributed by atoms with Crippen molar-refractivity contribution in [1.29, 1.82) is 0 Å². The molecule has 0 saturated carbocycles. The molecule has 2 aromatic rings. The van der Waals surface area contributed by atoms with Crippen molar-refractivity contribution in [3.8, 4) is 16.9 Å². The molecule has 0 aromatic heterocycles. The fourth-order valence-corrected chi connectivity index (χ4v) is 6.32. The molecule has 3 aliphatic heterocycles. The summed E-state index contributed by atoms with van der Waals surface area (Å²) in [6, 6.07) is 15.8. The number of ether oxygens (including phenoxy) is 1. The van der Waals surface area contributed by atoms with Crippen molar-refractivity contribution in [1.82, 2.24) is 19.6 Å². The van der Waals surface area contributed by atoms with Crippen molar-refractivity contribution in [2.24, 2.45) is 0 Å². The quantitative estimate of drug-likeness (QED) is 0.375. The number of hydrogen-bond acceptors (Lipinski definition) is 6. The topological polar surface area (TPSA) is 34.2 Å². The Kier molecular flexibility index (Phi) is 11.0. The normalized spacial score (nSPS) is 20.2. The van der Waals surface area contributed by atoms with Crippen LogP contribution in [0.5, 0.6) is 5.75 Å². The lowest BCUT2D eigenvalue weighted by Crippen LogP contribution is -2.43. The van der Waals surface area contributed by atoms with Gasteiger partial charge in [0.2, 0.25) is 0 Å². The third-order valence-electron chi connectivity index (χ3n) is 8.83. The number of likely N-dealkylation sites (N-methyl/N-ethyl adjacent to an activating group) is 1. The van der Waals surface area contributed by atoms with Crippen LogP contribution < -0.4 is 10.1 Å². The fraction of sp³-hybridized carbons (Fsp3) is 0.636. The summed E-state index contributed by atoms with van der Waals surface area (Å²) in [5, 5.41) is 3.73. The molecule has 2 aromatic carbocycles. The maximum absolute atomic E-state index is 6.52. The smallest absolute Gasteiger partial charge is 0.143 e. The van der Waals surface area contributed by atoms with Crippen LogP contribution >= 0.6 is 0 Å². The zero-order chi connectivity index (χ0) is 26.7. The van der Waals surface area contributed by atoms with Crippen LogP contribution in [0, 0.1) is 0 Å². The van der Waals surface area contributed by atoms with Gasteiger partial charge in [0.25, 0.3) is 0 Å². The van der Waals surface area contributed by atoms with Gasteiger partial charge in [0.1, 0.15) is 12.4 Å². The highest BCUT2D eigenvalue weighted by molar-refractivity contribution is 5.73. The van der Waals surface area contributed by atoms with Crippen molar-refractivity contribution in [2.75, 3.05) is 91.0 Å². The molecule has 39 heavy (non-hydrogen) atoms. The van der Waals surface area contributed by atoms with Crippen LogP contribution in [0.25, 0.3) is 11.1 Å². The Bertz CT molecular complexity index is 993. The molecule has 6 heteroatoms. The second-order valence-electron chi connectivity index (χ2n) is 11.9. The van der Waals surface area contributed by atoms with E-state index in [4.69, 9.17) is 4.74 Å². The number of nitrogens with one attached hydrogen (secondary N) is 1. The highest BCUT2D eigenvalue weighted by Crippen LogP contribution is 2.33. The van der Waals surface area contributed by atoms with Crippen molar-refractivity contribution in [2.45, 2.75) is 51.5 Å². The van der Waals surface area contributed by atoms with Gasteiger partial charge in [0.05, 0.1) is 5.69 Å². The van der Waals surface area contributed by atoms with Crippen LogP contribution in [0.3, 0.4) is 0 Å². The van der Waals surface area contributed by atoms with Gasteiger partial charge < -0.3 is 19.9 Å². The number of piperidine rings is 2. The van der Waals surface area contributed by atoms with Crippen LogP contribution in [0.4, 0.5) is 5.69 Å². The largest absolute Gasteiger partial charge is 0.490 e. The van der Waals surface area contributed by atoms with E-state index in [9.17, 15) is 0 Å². The standard InChI is InChI=1S/C33H51N5O/c1-35-21-23-38(24-22-35)28-30-11-4-5-12-31(30)29-13-14-32(34-15-10-20-36-16-6-2-7-17-36)33(27-29)39-26-25-37-18-8-3-9-19-37/h4-5,11-14,27,34H,2-3,6-10,15-26,28H2,1H3. The van der Waals surface area contributed by atoms with E-state index < -0.39 is 0 Å². The van der Waals surface area contributed by atoms with E-state index in [2.05, 4.69) is 74.4 Å². The summed E-state index contributed by atoms with van der Waals surface area (Å²) in [5.41, 5.74) is 5.12. The fourth-order valence-electron chi connectivity index (χ4n) is 6.32. The Hall–Kier alpha value is -2.12. The molecule has 0 unspecified atom stereocenters. The molecular formula is C33H51N5O. The van der Waals surface area contributed by atoms with Crippen molar-refractivity contribution in [3.63, 3.8) is 0 Å². The molecule has 1 N–H and O–H groups in total. The number of hydrogen-bond donors (Lipinski definition) is 1. The van der Waals surface area contributed by atoms with Gasteiger partial charge in [-0.05, 0) is 101 Å². The molecule has 3 heterocycles. The third kappa shape index (κ3) is 8.68. The molecule has 3 fully saturated rings. The lowest BCUT2D eigenvalue weighted by atomic mass is 9.98. The van der Waals surface area contributed by atoms with Crippen LogP contribution in [-0.4, -0.2) is 105 Å². The average Bonchev–Trinajstić information content (AvgIpc) is 2.98. The summed E-state index contributed by atoms with van der Waals surface area (Å²) in [7, 11) is 2.22. The monoisotopic (exact) mass is 533 g/mol. The summed E-state index contributed by atoms with van der Waals surface area (Å²) in [6.07, 6.45) is 9.31. The number of likely N-dealkylation sites (tertiary alicyclic amines) is 2. The molecule has 6 nitrogen and oxygen atoms in total. The van der Waals surface area contributed by atoms with E-state index in [1.807, 2.05) is 0 Å². The second kappa shape index (κ2) is 15.0. The summed E-state index contributed by atoms with van der Waals surface area (Å²) >= 11 is 0. The average molecular weight is 534 g/mol. The molecule has 0 amide bonds. The first-order chi connectivity index (χ1) is 19.2. The molecule has 0 bridgehead atoms. The van der Waals surface area contributed by atoms with Crippen molar-refractivity contribution < 1.29 is 4.74 Å². The van der Waals surface area contributed by atoms with Gasteiger partial charge in [-0.3, -0.25) is 9.80 Å². The van der Waals surface area contributed by atoms with Gasteiger partial charge in [-0.15, -0.1) is 0 Å². The molecule has 3 saturated heterocycles. The minimum absolute atomic E-state index is 0.745. The molecular weight excluding hydrogens is 482 g/mol. The number of anilines is 1. The van der Waals surface area contributed by atoms with E-state index in [-0.39, 0.29) is 0 Å². The van der Waals surface area contributed by atoms with Crippen LogP contribution in [-0.2, 0) is 6.54 Å². The maximum atomic E-state index is 6.52. The molecule has 0 radical (unpaired) electrons. The van der Waals surface area contributed by atoms with Gasteiger partial charge in [-0.25, -0.2) is 0 Å². The lowest BCUT2D eigenvalue weighted by molar-refractivity contribution is 0.148. The zero-order valence-corrected chi connectivity index (χ0v) is 24.4.